The zero-order valence-electron chi connectivity index (χ0n) is 12.1. The largest absolute Gasteiger partial charge is 0.497 e. The highest BCUT2D eigenvalue weighted by Crippen LogP contribution is 2.21. The maximum atomic E-state index is 9.49. The average molecular weight is 281 g/mol. The van der Waals surface area contributed by atoms with E-state index in [0.29, 0.717) is 0 Å². The van der Waals surface area contributed by atoms with Gasteiger partial charge in [-0.1, -0.05) is 30.3 Å². The Balaban J connectivity index is 1.81. The number of ether oxygens (including phenoxy) is 1. The fourth-order valence-electron chi connectivity index (χ4n) is 2.70. The van der Waals surface area contributed by atoms with Crippen molar-refractivity contribution >= 4 is 10.9 Å². The Kier molecular flexibility index (Phi) is 3.93. The van der Waals surface area contributed by atoms with Gasteiger partial charge in [0.1, 0.15) is 5.75 Å². The molecule has 0 amide bonds. The van der Waals surface area contributed by atoms with Crippen LogP contribution in [0.1, 0.15) is 11.1 Å². The molecular formula is C18H19NO2. The van der Waals surface area contributed by atoms with Gasteiger partial charge >= 0.3 is 0 Å². The van der Waals surface area contributed by atoms with Crippen LogP contribution in [-0.2, 0) is 19.6 Å². The second kappa shape index (κ2) is 6.02. The summed E-state index contributed by atoms with van der Waals surface area (Å²) in [6.45, 7) is 0.969. The van der Waals surface area contributed by atoms with Crippen LogP contribution < -0.4 is 4.74 Å². The molecule has 0 bridgehead atoms. The Morgan fingerprint density at radius 1 is 1.05 bits per heavy atom. The van der Waals surface area contributed by atoms with E-state index in [2.05, 4.69) is 35.0 Å². The molecule has 0 atom stereocenters. The van der Waals surface area contributed by atoms with Crippen molar-refractivity contribution in [2.24, 2.45) is 0 Å². The monoisotopic (exact) mass is 281 g/mol. The predicted octanol–water partition coefficient (Wildman–Crippen LogP) is 3.38. The first-order valence-corrected chi connectivity index (χ1v) is 7.12. The second-order valence-corrected chi connectivity index (χ2v) is 5.12. The zero-order chi connectivity index (χ0) is 14.7. The van der Waals surface area contributed by atoms with Crippen LogP contribution in [-0.4, -0.2) is 16.8 Å². The van der Waals surface area contributed by atoms with Crippen molar-refractivity contribution in [1.82, 2.24) is 4.57 Å². The minimum absolute atomic E-state index is 0.0733. The van der Waals surface area contributed by atoms with Gasteiger partial charge in [0.15, 0.2) is 0 Å². The molecule has 21 heavy (non-hydrogen) atoms. The van der Waals surface area contributed by atoms with Crippen molar-refractivity contribution in [2.75, 3.05) is 7.11 Å². The number of methoxy groups -OCH3 is 1. The zero-order valence-corrected chi connectivity index (χ0v) is 12.1. The third kappa shape index (κ3) is 2.78. The number of aromatic nitrogens is 1. The molecule has 0 aliphatic rings. The quantitative estimate of drug-likeness (QED) is 0.778. The lowest BCUT2D eigenvalue weighted by Crippen LogP contribution is -2.02. The van der Waals surface area contributed by atoms with E-state index >= 15 is 0 Å². The number of hydrogen-bond donors (Lipinski definition) is 1. The molecule has 0 aliphatic carbocycles. The van der Waals surface area contributed by atoms with E-state index in [0.717, 1.165) is 29.8 Å². The van der Waals surface area contributed by atoms with Crippen LogP contribution in [0.25, 0.3) is 10.9 Å². The first-order valence-electron chi connectivity index (χ1n) is 7.12. The number of para-hydroxylation sites is 1. The van der Waals surface area contributed by atoms with Gasteiger partial charge in [-0.2, -0.15) is 0 Å². The smallest absolute Gasteiger partial charge is 0.118 e. The van der Waals surface area contributed by atoms with Gasteiger partial charge in [0, 0.05) is 18.3 Å². The minimum atomic E-state index is 0.0733. The number of rotatable bonds is 5. The molecule has 3 aromatic rings. The highest BCUT2D eigenvalue weighted by atomic mass is 16.5. The normalized spacial score (nSPS) is 11.0. The summed E-state index contributed by atoms with van der Waals surface area (Å²) < 4.78 is 7.39. The van der Waals surface area contributed by atoms with Gasteiger partial charge in [-0.25, -0.2) is 0 Å². The van der Waals surface area contributed by atoms with Crippen LogP contribution in [0.4, 0.5) is 0 Å². The lowest BCUT2D eigenvalue weighted by molar-refractivity contribution is 0.283. The van der Waals surface area contributed by atoms with Gasteiger partial charge in [0.2, 0.25) is 0 Å². The van der Waals surface area contributed by atoms with Gasteiger partial charge in [-0.15, -0.1) is 0 Å². The van der Waals surface area contributed by atoms with Gasteiger partial charge < -0.3 is 14.4 Å². The molecule has 0 radical (unpaired) electrons. The summed E-state index contributed by atoms with van der Waals surface area (Å²) in [6, 6.07) is 16.3. The van der Waals surface area contributed by atoms with Crippen LogP contribution in [0.3, 0.4) is 0 Å². The molecular weight excluding hydrogens is 262 g/mol. The molecule has 0 unspecified atom stereocenters. The van der Waals surface area contributed by atoms with E-state index in [1.807, 2.05) is 24.3 Å². The topological polar surface area (TPSA) is 34.4 Å². The molecule has 1 aromatic heterocycles. The molecule has 0 fully saturated rings. The van der Waals surface area contributed by atoms with Crippen LogP contribution in [0.15, 0.2) is 54.7 Å². The molecule has 0 aliphatic heterocycles. The lowest BCUT2D eigenvalue weighted by Gasteiger charge is -2.09. The van der Waals surface area contributed by atoms with Gasteiger partial charge in [0.05, 0.1) is 19.2 Å². The van der Waals surface area contributed by atoms with Crippen molar-refractivity contribution in [1.29, 1.82) is 0 Å². The van der Waals surface area contributed by atoms with Crippen molar-refractivity contribution in [3.05, 3.63) is 65.9 Å². The van der Waals surface area contributed by atoms with E-state index in [-0.39, 0.29) is 6.61 Å². The average Bonchev–Trinajstić information content (AvgIpc) is 2.96. The molecule has 108 valence electrons. The molecule has 3 heteroatoms. The Labute approximate surface area is 124 Å². The standard InChI is InChI=1S/C18H19NO2/c1-21-17-7-5-14(6-8-17)9-11-19-12-10-15-3-2-4-16(13-20)18(15)19/h2-8,10,12,20H,9,11,13H2,1H3. The van der Waals surface area contributed by atoms with Crippen LogP contribution in [0.2, 0.25) is 0 Å². The van der Waals surface area contributed by atoms with E-state index in [4.69, 9.17) is 4.74 Å². The number of hydrogen-bond acceptors (Lipinski definition) is 2. The maximum Gasteiger partial charge on any atom is 0.118 e. The molecule has 3 rings (SSSR count). The second-order valence-electron chi connectivity index (χ2n) is 5.12. The van der Waals surface area contributed by atoms with Gasteiger partial charge in [-0.3, -0.25) is 0 Å². The van der Waals surface area contributed by atoms with E-state index < -0.39 is 0 Å². The first-order chi connectivity index (χ1) is 10.3. The first kappa shape index (κ1) is 13.7. The molecule has 1 heterocycles. The summed E-state index contributed by atoms with van der Waals surface area (Å²) in [4.78, 5) is 0. The summed E-state index contributed by atoms with van der Waals surface area (Å²) in [5.74, 6) is 0.882. The van der Waals surface area contributed by atoms with Gasteiger partial charge in [-0.05, 0) is 35.6 Å². The Bertz CT molecular complexity index is 729. The number of benzene rings is 2. The number of nitrogens with zero attached hydrogens (tertiary/aromatic N) is 1. The minimum Gasteiger partial charge on any atom is -0.497 e. The van der Waals surface area contributed by atoms with Crippen LogP contribution in [0, 0.1) is 0 Å². The fourth-order valence-corrected chi connectivity index (χ4v) is 2.70. The molecule has 3 nitrogen and oxygen atoms in total. The predicted molar refractivity (Wildman–Crippen MR) is 84.6 cm³/mol. The van der Waals surface area contributed by atoms with Crippen LogP contribution in [0.5, 0.6) is 5.75 Å². The number of aryl methyl sites for hydroxylation is 2. The number of aliphatic hydroxyl groups is 1. The molecule has 0 spiro atoms. The van der Waals surface area contributed by atoms with Gasteiger partial charge in [0.25, 0.3) is 0 Å². The fraction of sp³-hybridized carbons (Fsp3) is 0.222. The van der Waals surface area contributed by atoms with E-state index in [1.165, 1.54) is 10.9 Å². The molecule has 2 aromatic carbocycles. The Hall–Kier alpha value is -2.26. The number of fused-ring (bicyclic) bond motifs is 1. The summed E-state index contributed by atoms with van der Waals surface area (Å²) in [5.41, 5.74) is 3.39. The SMILES string of the molecule is COc1ccc(CCn2ccc3cccc(CO)c32)cc1. The van der Waals surface area contributed by atoms with Crippen LogP contribution >= 0.6 is 0 Å². The lowest BCUT2D eigenvalue weighted by atomic mass is 10.1. The van der Waals surface area contributed by atoms with Crippen molar-refractivity contribution in [3.8, 4) is 5.75 Å². The Morgan fingerprint density at radius 3 is 2.57 bits per heavy atom. The molecule has 0 saturated carbocycles. The highest BCUT2D eigenvalue weighted by Gasteiger charge is 2.06. The van der Waals surface area contributed by atoms with Crippen molar-refractivity contribution in [2.45, 2.75) is 19.6 Å². The van der Waals surface area contributed by atoms with E-state index in [9.17, 15) is 5.11 Å². The summed E-state index contributed by atoms with van der Waals surface area (Å²) >= 11 is 0. The van der Waals surface area contributed by atoms with E-state index in [1.54, 1.807) is 7.11 Å². The number of aliphatic hydroxyl groups excluding tert-OH is 1. The summed E-state index contributed by atoms with van der Waals surface area (Å²) in [6.07, 6.45) is 3.04. The Morgan fingerprint density at radius 2 is 1.86 bits per heavy atom. The maximum absolute atomic E-state index is 9.49. The third-order valence-electron chi connectivity index (χ3n) is 3.84. The summed E-state index contributed by atoms with van der Waals surface area (Å²) in [5, 5.41) is 10.7. The third-order valence-corrected chi connectivity index (χ3v) is 3.84. The highest BCUT2D eigenvalue weighted by molar-refractivity contribution is 5.83. The molecule has 1 N–H and O–H groups in total. The molecule has 0 saturated heterocycles. The van der Waals surface area contributed by atoms with Crippen molar-refractivity contribution in [3.63, 3.8) is 0 Å². The summed E-state index contributed by atoms with van der Waals surface area (Å²) in [7, 11) is 1.68. The van der Waals surface area contributed by atoms with Crippen molar-refractivity contribution < 1.29 is 9.84 Å².